The zero-order chi connectivity index (χ0) is 21.3. The molecular formula is C22H25ClN4O3. The number of carbonyl (C=O) groups is 2. The van der Waals surface area contributed by atoms with E-state index in [2.05, 4.69) is 11.1 Å². The van der Waals surface area contributed by atoms with Gasteiger partial charge in [-0.3, -0.25) is 4.90 Å². The number of aromatic carboxylic acids is 1. The summed E-state index contributed by atoms with van der Waals surface area (Å²) in [5.41, 5.74) is 7.38. The van der Waals surface area contributed by atoms with E-state index in [1.165, 1.54) is 23.9 Å². The highest BCUT2D eigenvalue weighted by atomic mass is 35.5. The molecule has 2 heterocycles. The Morgan fingerprint density at radius 2 is 2.00 bits per heavy atom. The number of carboxylic acids is 1. The molecule has 0 bridgehead atoms. The average Bonchev–Trinajstić information content (AvgIpc) is 3.15. The first-order valence-corrected chi connectivity index (χ1v) is 10.5. The van der Waals surface area contributed by atoms with E-state index in [0.717, 1.165) is 25.7 Å². The molecule has 1 saturated carbocycles. The van der Waals surface area contributed by atoms with Gasteiger partial charge in [-0.1, -0.05) is 23.7 Å². The van der Waals surface area contributed by atoms with Crippen LogP contribution in [-0.2, 0) is 5.41 Å². The molecule has 158 valence electrons. The molecule has 1 aliphatic heterocycles. The Hall–Kier alpha value is -2.64. The number of nitrogens with zero attached hydrogens (tertiary/aromatic N) is 3. The van der Waals surface area contributed by atoms with Gasteiger partial charge in [-0.2, -0.15) is 0 Å². The van der Waals surface area contributed by atoms with Crippen LogP contribution in [0.15, 0.2) is 42.6 Å². The maximum absolute atomic E-state index is 13.1. The lowest BCUT2D eigenvalue weighted by Crippen LogP contribution is -2.47. The fraction of sp³-hybridized carbons (Fsp3) is 0.409. The van der Waals surface area contributed by atoms with E-state index in [1.54, 1.807) is 4.90 Å². The first kappa shape index (κ1) is 20.6. The number of carbonyl (C=O) groups excluding carboxylic acids is 1. The van der Waals surface area contributed by atoms with E-state index < -0.39 is 5.97 Å². The highest BCUT2D eigenvalue weighted by Gasteiger charge is 2.41. The molecule has 0 unspecified atom stereocenters. The van der Waals surface area contributed by atoms with Gasteiger partial charge in [0.05, 0.1) is 5.56 Å². The topological polar surface area (TPSA) is 99.8 Å². The number of benzene rings is 1. The van der Waals surface area contributed by atoms with Gasteiger partial charge in [0.1, 0.15) is 5.82 Å². The Kier molecular flexibility index (Phi) is 5.66. The van der Waals surface area contributed by atoms with Crippen LogP contribution in [0.1, 0.15) is 41.6 Å². The monoisotopic (exact) mass is 428 g/mol. The van der Waals surface area contributed by atoms with Crippen LogP contribution in [0.5, 0.6) is 0 Å². The standard InChI is InChI=1S/C22H25ClN4O3/c23-17-3-1-2-16(13-17)22(14-24)7-4-18(5-8-22)26-10-11-27(21(26)30)19-12-15(20(28)29)6-9-25-19/h1-3,6,9,12-13,18H,4-5,7-8,10-11,14,24H2,(H,28,29)/t18-,22-. The molecule has 0 atom stereocenters. The lowest BCUT2D eigenvalue weighted by atomic mass is 9.68. The second kappa shape index (κ2) is 8.24. The van der Waals surface area contributed by atoms with Crippen molar-refractivity contribution in [3.8, 4) is 0 Å². The molecule has 4 rings (SSSR count). The maximum atomic E-state index is 13.1. The van der Waals surface area contributed by atoms with Gasteiger partial charge >= 0.3 is 12.0 Å². The summed E-state index contributed by atoms with van der Waals surface area (Å²) in [6, 6.07) is 10.8. The minimum absolute atomic E-state index is 0.110. The lowest BCUT2D eigenvalue weighted by molar-refractivity contribution is 0.0696. The highest BCUT2D eigenvalue weighted by Crippen LogP contribution is 2.41. The van der Waals surface area contributed by atoms with Gasteiger partial charge in [-0.25, -0.2) is 14.6 Å². The van der Waals surface area contributed by atoms with Gasteiger partial charge in [0.25, 0.3) is 0 Å². The number of hydrogen-bond acceptors (Lipinski definition) is 4. The quantitative estimate of drug-likeness (QED) is 0.759. The maximum Gasteiger partial charge on any atom is 0.335 e. The Morgan fingerprint density at radius 1 is 1.23 bits per heavy atom. The smallest absolute Gasteiger partial charge is 0.335 e. The Bertz CT molecular complexity index is 959. The van der Waals surface area contributed by atoms with Gasteiger partial charge in [0.2, 0.25) is 0 Å². The first-order valence-electron chi connectivity index (χ1n) is 10.2. The number of anilines is 1. The van der Waals surface area contributed by atoms with Crippen LogP contribution in [0.4, 0.5) is 10.6 Å². The summed E-state index contributed by atoms with van der Waals surface area (Å²) in [5, 5.41) is 9.91. The van der Waals surface area contributed by atoms with E-state index in [1.807, 2.05) is 23.1 Å². The largest absolute Gasteiger partial charge is 0.478 e. The normalized spacial score (nSPS) is 24.3. The average molecular weight is 429 g/mol. The van der Waals surface area contributed by atoms with Gasteiger partial charge in [-0.15, -0.1) is 0 Å². The number of rotatable bonds is 5. The number of hydrogen-bond donors (Lipinski definition) is 2. The SMILES string of the molecule is NC[C@]1(c2cccc(Cl)c2)CC[C@H](N2CCN(c3cc(C(=O)O)ccn3)C2=O)CC1. The number of urea groups is 1. The zero-order valence-electron chi connectivity index (χ0n) is 16.6. The molecule has 30 heavy (non-hydrogen) atoms. The molecule has 3 N–H and O–H groups in total. The minimum atomic E-state index is -1.03. The molecular weight excluding hydrogens is 404 g/mol. The van der Waals surface area contributed by atoms with Crippen LogP contribution in [0, 0.1) is 0 Å². The van der Waals surface area contributed by atoms with Crippen molar-refractivity contribution in [3.63, 3.8) is 0 Å². The Balaban J connectivity index is 1.46. The van der Waals surface area contributed by atoms with Crippen molar-refractivity contribution in [3.05, 3.63) is 58.7 Å². The number of carboxylic acid groups (broad SMARTS) is 1. The molecule has 2 fully saturated rings. The van der Waals surface area contributed by atoms with Gasteiger partial charge < -0.3 is 15.7 Å². The van der Waals surface area contributed by atoms with Crippen molar-refractivity contribution < 1.29 is 14.7 Å². The highest BCUT2D eigenvalue weighted by molar-refractivity contribution is 6.30. The van der Waals surface area contributed by atoms with E-state index >= 15 is 0 Å². The van der Waals surface area contributed by atoms with Crippen LogP contribution in [0.25, 0.3) is 0 Å². The molecule has 0 radical (unpaired) electrons. The zero-order valence-corrected chi connectivity index (χ0v) is 17.4. The minimum Gasteiger partial charge on any atom is -0.478 e. The molecule has 1 aromatic heterocycles. The summed E-state index contributed by atoms with van der Waals surface area (Å²) in [7, 11) is 0. The van der Waals surface area contributed by atoms with Crippen molar-refractivity contribution in [1.29, 1.82) is 0 Å². The summed E-state index contributed by atoms with van der Waals surface area (Å²) in [6.45, 7) is 1.66. The van der Waals surface area contributed by atoms with E-state index in [4.69, 9.17) is 17.3 Å². The fourth-order valence-electron chi connectivity index (χ4n) is 4.70. The second-order valence-electron chi connectivity index (χ2n) is 8.06. The molecule has 1 aliphatic carbocycles. The van der Waals surface area contributed by atoms with Crippen LogP contribution in [-0.4, -0.2) is 52.7 Å². The first-order chi connectivity index (χ1) is 14.4. The molecule has 2 amide bonds. The predicted octanol–water partition coefficient (Wildman–Crippen LogP) is 3.51. The fourth-order valence-corrected chi connectivity index (χ4v) is 4.89. The summed E-state index contributed by atoms with van der Waals surface area (Å²) in [5.74, 6) is -0.651. The molecule has 1 saturated heterocycles. The lowest BCUT2D eigenvalue weighted by Gasteiger charge is -2.42. The number of pyridine rings is 1. The summed E-state index contributed by atoms with van der Waals surface area (Å²) >= 11 is 6.20. The molecule has 7 nitrogen and oxygen atoms in total. The van der Waals surface area contributed by atoms with Crippen molar-refractivity contribution in [2.24, 2.45) is 5.73 Å². The third kappa shape index (κ3) is 3.75. The number of nitrogens with two attached hydrogens (primary N) is 1. The van der Waals surface area contributed by atoms with Crippen LogP contribution >= 0.6 is 11.6 Å². The molecule has 8 heteroatoms. The van der Waals surface area contributed by atoms with Crippen LogP contribution < -0.4 is 10.6 Å². The van der Waals surface area contributed by atoms with E-state index in [0.29, 0.717) is 30.5 Å². The number of amides is 2. The van der Waals surface area contributed by atoms with Crippen molar-refractivity contribution >= 4 is 29.4 Å². The molecule has 0 spiro atoms. The van der Waals surface area contributed by atoms with E-state index in [-0.39, 0.29) is 23.1 Å². The molecule has 2 aromatic rings. The third-order valence-corrected chi connectivity index (χ3v) is 6.73. The van der Waals surface area contributed by atoms with Gasteiger partial charge in [0.15, 0.2) is 0 Å². The van der Waals surface area contributed by atoms with Crippen molar-refractivity contribution in [2.75, 3.05) is 24.5 Å². The summed E-state index contributed by atoms with van der Waals surface area (Å²) in [6.07, 6.45) is 4.95. The van der Waals surface area contributed by atoms with Crippen LogP contribution in [0.3, 0.4) is 0 Å². The van der Waals surface area contributed by atoms with Crippen molar-refractivity contribution in [2.45, 2.75) is 37.1 Å². The molecule has 1 aromatic carbocycles. The Morgan fingerprint density at radius 3 is 2.67 bits per heavy atom. The van der Waals surface area contributed by atoms with Gasteiger partial charge in [-0.05, 0) is 55.5 Å². The number of halogens is 1. The summed E-state index contributed by atoms with van der Waals surface area (Å²) < 4.78 is 0. The van der Waals surface area contributed by atoms with Gasteiger partial charge in [0, 0.05) is 42.3 Å². The van der Waals surface area contributed by atoms with Crippen LogP contribution in [0.2, 0.25) is 5.02 Å². The third-order valence-electron chi connectivity index (χ3n) is 6.49. The Labute approximate surface area is 180 Å². The van der Waals surface area contributed by atoms with E-state index in [9.17, 15) is 14.7 Å². The molecule has 2 aliphatic rings. The predicted molar refractivity (Wildman–Crippen MR) is 115 cm³/mol. The number of aromatic nitrogens is 1. The van der Waals surface area contributed by atoms with Crippen molar-refractivity contribution in [1.82, 2.24) is 9.88 Å². The summed E-state index contributed by atoms with van der Waals surface area (Å²) in [4.78, 5) is 31.9. The second-order valence-corrected chi connectivity index (χ2v) is 8.50.